The summed E-state index contributed by atoms with van der Waals surface area (Å²) in [7, 11) is 0. The van der Waals surface area contributed by atoms with Gasteiger partial charge in [0.1, 0.15) is 29.7 Å². The summed E-state index contributed by atoms with van der Waals surface area (Å²) in [5.74, 6) is 0.0564. The van der Waals surface area contributed by atoms with Gasteiger partial charge < -0.3 is 14.2 Å². The number of anilines is 1. The number of benzene rings is 1. The van der Waals surface area contributed by atoms with Crippen LogP contribution < -0.4 is 4.90 Å². The van der Waals surface area contributed by atoms with E-state index in [0.717, 1.165) is 0 Å². The van der Waals surface area contributed by atoms with E-state index in [-0.39, 0.29) is 29.7 Å². The topological polar surface area (TPSA) is 125 Å². The number of halogens is 1. The zero-order valence-corrected chi connectivity index (χ0v) is 17.3. The van der Waals surface area contributed by atoms with Gasteiger partial charge in [0, 0.05) is 24.7 Å². The Kier molecular flexibility index (Phi) is 5.48. The third kappa shape index (κ3) is 4.15. The van der Waals surface area contributed by atoms with Crippen LogP contribution in [0.4, 0.5) is 15.9 Å². The summed E-state index contributed by atoms with van der Waals surface area (Å²) in [4.78, 5) is 21.5. The highest BCUT2D eigenvalue weighted by atomic mass is 19.1. The minimum absolute atomic E-state index is 0.137. The molecule has 11 nitrogen and oxygen atoms in total. The number of ether oxygens (including phenoxy) is 1. The molecule has 1 aliphatic rings. The summed E-state index contributed by atoms with van der Waals surface area (Å²) in [6, 6.07) is 9.76. The second kappa shape index (κ2) is 8.74. The molecule has 1 aromatic carbocycles. The van der Waals surface area contributed by atoms with E-state index in [1.165, 1.54) is 18.5 Å². The number of morpholine rings is 1. The maximum absolute atomic E-state index is 14.3. The summed E-state index contributed by atoms with van der Waals surface area (Å²) >= 11 is 0. The first-order valence-electron chi connectivity index (χ1n) is 10.2. The van der Waals surface area contributed by atoms with E-state index in [9.17, 15) is 14.5 Å². The van der Waals surface area contributed by atoms with Gasteiger partial charge in [0.2, 0.25) is 5.82 Å². The van der Waals surface area contributed by atoms with Crippen LogP contribution in [0.15, 0.2) is 53.4 Å². The van der Waals surface area contributed by atoms with Gasteiger partial charge in [0.25, 0.3) is 0 Å². The molecule has 0 N–H and O–H groups in total. The Morgan fingerprint density at radius 3 is 2.70 bits per heavy atom. The van der Waals surface area contributed by atoms with Crippen molar-refractivity contribution in [2.45, 2.75) is 6.54 Å². The zero-order valence-electron chi connectivity index (χ0n) is 17.3. The monoisotopic (exact) mass is 451 g/mol. The van der Waals surface area contributed by atoms with E-state index in [1.54, 1.807) is 39.9 Å². The molecule has 1 saturated heterocycles. The van der Waals surface area contributed by atoms with Gasteiger partial charge in [-0.1, -0.05) is 23.4 Å². The first kappa shape index (κ1) is 20.7. The number of hydrogen-bond donors (Lipinski definition) is 0. The van der Waals surface area contributed by atoms with E-state index in [1.807, 2.05) is 0 Å². The summed E-state index contributed by atoms with van der Waals surface area (Å²) in [5, 5.41) is 20.1. The molecule has 0 saturated carbocycles. The highest BCUT2D eigenvalue weighted by molar-refractivity contribution is 5.66. The van der Waals surface area contributed by atoms with E-state index in [0.29, 0.717) is 48.9 Å². The van der Waals surface area contributed by atoms with Crippen LogP contribution in [-0.2, 0) is 11.3 Å². The maximum Gasteiger partial charge on any atom is 0.329 e. The Hall–Kier alpha value is -4.19. The van der Waals surface area contributed by atoms with Crippen molar-refractivity contribution in [1.82, 2.24) is 24.9 Å². The van der Waals surface area contributed by atoms with Crippen LogP contribution in [0.1, 0.15) is 5.56 Å². The molecule has 0 atom stereocenters. The fourth-order valence-electron chi connectivity index (χ4n) is 3.61. The Bertz CT molecular complexity index is 1290. The number of aromatic nitrogens is 5. The molecule has 33 heavy (non-hydrogen) atoms. The quantitative estimate of drug-likeness (QED) is 0.321. The SMILES string of the molecule is O=[N+]([O-])c1cnc(-c2cc(-c3ccon3)n(Cc3ccccc3F)n2)nc1N1CCOCC1. The van der Waals surface area contributed by atoms with Crippen molar-refractivity contribution in [2.24, 2.45) is 0 Å². The summed E-state index contributed by atoms with van der Waals surface area (Å²) in [6.07, 6.45) is 2.60. The molecule has 0 aliphatic carbocycles. The van der Waals surface area contributed by atoms with Gasteiger partial charge in [-0.15, -0.1) is 0 Å². The Morgan fingerprint density at radius 1 is 1.15 bits per heavy atom. The van der Waals surface area contributed by atoms with Crippen molar-refractivity contribution in [3.05, 3.63) is 70.4 Å². The zero-order chi connectivity index (χ0) is 22.8. The van der Waals surface area contributed by atoms with Crippen LogP contribution in [0, 0.1) is 15.9 Å². The molecule has 0 spiro atoms. The first-order chi connectivity index (χ1) is 16.1. The first-order valence-corrected chi connectivity index (χ1v) is 10.2. The molecule has 168 valence electrons. The Morgan fingerprint density at radius 2 is 1.97 bits per heavy atom. The summed E-state index contributed by atoms with van der Waals surface area (Å²) in [5.41, 5.74) is 1.68. The second-order valence-electron chi connectivity index (χ2n) is 7.31. The van der Waals surface area contributed by atoms with Crippen molar-refractivity contribution in [1.29, 1.82) is 0 Å². The third-order valence-electron chi connectivity index (χ3n) is 5.24. The highest BCUT2D eigenvalue weighted by Gasteiger charge is 2.26. The lowest BCUT2D eigenvalue weighted by Gasteiger charge is -2.27. The van der Waals surface area contributed by atoms with Crippen LogP contribution in [0.3, 0.4) is 0 Å². The van der Waals surface area contributed by atoms with E-state index in [4.69, 9.17) is 9.26 Å². The fraction of sp³-hybridized carbons (Fsp3) is 0.238. The van der Waals surface area contributed by atoms with Crippen molar-refractivity contribution in [3.63, 3.8) is 0 Å². The molecule has 0 radical (unpaired) electrons. The van der Waals surface area contributed by atoms with Gasteiger partial charge in [0.05, 0.1) is 30.4 Å². The molecule has 0 amide bonds. The van der Waals surface area contributed by atoms with Gasteiger partial charge in [-0.05, 0) is 12.1 Å². The lowest BCUT2D eigenvalue weighted by molar-refractivity contribution is -0.384. The predicted molar refractivity (Wildman–Crippen MR) is 114 cm³/mol. The molecule has 4 aromatic rings. The molecule has 0 bridgehead atoms. The van der Waals surface area contributed by atoms with Gasteiger partial charge in [0.15, 0.2) is 5.82 Å². The van der Waals surface area contributed by atoms with Crippen LogP contribution in [0.25, 0.3) is 22.9 Å². The van der Waals surface area contributed by atoms with Crippen LogP contribution in [-0.4, -0.2) is 56.1 Å². The van der Waals surface area contributed by atoms with Crippen LogP contribution in [0.2, 0.25) is 0 Å². The summed E-state index contributed by atoms with van der Waals surface area (Å²) < 4.78 is 26.2. The molecule has 3 aromatic heterocycles. The number of nitro groups is 1. The van der Waals surface area contributed by atoms with Gasteiger partial charge in [-0.3, -0.25) is 14.8 Å². The normalized spacial score (nSPS) is 13.9. The molecule has 1 fully saturated rings. The minimum Gasteiger partial charge on any atom is -0.378 e. The van der Waals surface area contributed by atoms with Crippen LogP contribution >= 0.6 is 0 Å². The van der Waals surface area contributed by atoms with E-state index < -0.39 is 4.92 Å². The van der Waals surface area contributed by atoms with Gasteiger partial charge >= 0.3 is 5.69 Å². The van der Waals surface area contributed by atoms with Gasteiger partial charge in [-0.2, -0.15) is 5.10 Å². The molecule has 1 aliphatic heterocycles. The van der Waals surface area contributed by atoms with Crippen LogP contribution in [0.5, 0.6) is 0 Å². The standard InChI is InChI=1S/C21H18FN7O4/c22-15-4-2-1-3-14(15)13-28-18(16-5-8-33-26-16)11-17(25-28)20-23-12-19(29(30)31)21(24-20)27-6-9-32-10-7-27/h1-5,8,11-12H,6-7,9-10,13H2. The lowest BCUT2D eigenvalue weighted by atomic mass is 10.2. The van der Waals surface area contributed by atoms with Crippen molar-refractivity contribution in [2.75, 3.05) is 31.2 Å². The Balaban J connectivity index is 1.58. The lowest BCUT2D eigenvalue weighted by Crippen LogP contribution is -2.37. The predicted octanol–water partition coefficient (Wildman–Crippen LogP) is 2.93. The highest BCUT2D eigenvalue weighted by Crippen LogP contribution is 2.30. The number of nitrogens with zero attached hydrogens (tertiary/aromatic N) is 7. The third-order valence-corrected chi connectivity index (χ3v) is 5.24. The maximum atomic E-state index is 14.3. The minimum atomic E-state index is -0.508. The van der Waals surface area contributed by atoms with Gasteiger partial charge in [-0.25, -0.2) is 14.4 Å². The molecule has 0 unspecified atom stereocenters. The molecule has 4 heterocycles. The fourth-order valence-corrected chi connectivity index (χ4v) is 3.61. The molecule has 12 heteroatoms. The smallest absolute Gasteiger partial charge is 0.329 e. The van der Waals surface area contributed by atoms with E-state index >= 15 is 0 Å². The number of rotatable bonds is 6. The van der Waals surface area contributed by atoms with Crippen molar-refractivity contribution < 1.29 is 18.6 Å². The average Bonchev–Trinajstić information content (AvgIpc) is 3.51. The van der Waals surface area contributed by atoms with Crippen molar-refractivity contribution in [3.8, 4) is 22.9 Å². The largest absolute Gasteiger partial charge is 0.378 e. The number of hydrogen-bond acceptors (Lipinski definition) is 9. The van der Waals surface area contributed by atoms with E-state index in [2.05, 4.69) is 20.2 Å². The molecule has 5 rings (SSSR count). The Labute approximate surface area is 186 Å². The second-order valence-corrected chi connectivity index (χ2v) is 7.31. The average molecular weight is 451 g/mol. The summed E-state index contributed by atoms with van der Waals surface area (Å²) in [6.45, 7) is 1.98. The molecular weight excluding hydrogens is 433 g/mol. The van der Waals surface area contributed by atoms with Crippen molar-refractivity contribution >= 4 is 11.5 Å². The molecular formula is C21H18FN7O4.